The largest absolute Gasteiger partial charge is 0.394 e. The Bertz CT molecular complexity index is 333. The van der Waals surface area contributed by atoms with E-state index in [9.17, 15) is 5.11 Å². The number of hydrogen-bond acceptors (Lipinski definition) is 2. The van der Waals surface area contributed by atoms with Crippen LogP contribution in [0.2, 0.25) is 0 Å². The molecular weight excluding hydrogens is 186 g/mol. The second kappa shape index (κ2) is 3.95. The van der Waals surface area contributed by atoms with Gasteiger partial charge in [-0.2, -0.15) is 0 Å². The van der Waals surface area contributed by atoms with Crippen LogP contribution < -0.4 is 5.73 Å². The van der Waals surface area contributed by atoms with E-state index in [0.29, 0.717) is 5.92 Å². The summed E-state index contributed by atoms with van der Waals surface area (Å²) >= 11 is 0. The number of benzene rings is 1. The summed E-state index contributed by atoms with van der Waals surface area (Å²) in [6.45, 7) is 2.20. The molecule has 1 fully saturated rings. The molecule has 0 bridgehead atoms. The van der Waals surface area contributed by atoms with E-state index in [1.54, 1.807) is 0 Å². The lowest BCUT2D eigenvalue weighted by Crippen LogP contribution is -2.40. The first-order valence-corrected chi connectivity index (χ1v) is 5.59. The molecule has 1 aromatic rings. The van der Waals surface area contributed by atoms with Crippen LogP contribution in [-0.2, 0) is 0 Å². The molecule has 1 aromatic carbocycles. The van der Waals surface area contributed by atoms with Gasteiger partial charge in [0.25, 0.3) is 0 Å². The predicted octanol–water partition coefficient (Wildman–Crippen LogP) is 1.95. The van der Waals surface area contributed by atoms with E-state index in [4.69, 9.17) is 5.73 Å². The lowest BCUT2D eigenvalue weighted by molar-refractivity contribution is 0.198. The van der Waals surface area contributed by atoms with Crippen LogP contribution in [0.5, 0.6) is 0 Å². The van der Waals surface area contributed by atoms with Gasteiger partial charge in [0, 0.05) is 5.54 Å². The van der Waals surface area contributed by atoms with Crippen LogP contribution in [0.25, 0.3) is 0 Å². The topological polar surface area (TPSA) is 46.2 Å². The van der Waals surface area contributed by atoms with E-state index in [1.807, 2.05) is 0 Å². The highest BCUT2D eigenvalue weighted by Crippen LogP contribution is 2.39. The zero-order valence-corrected chi connectivity index (χ0v) is 9.24. The lowest BCUT2D eigenvalue weighted by atomic mass is 9.93. The molecule has 2 rings (SSSR count). The standard InChI is InChI=1S/C13H19NO/c1-10-2-4-11(5-3-10)12-6-7-13(14,8-12)9-15/h2-5,12,15H,6-9,14H2,1H3/t12?,13-/m1/s1. The SMILES string of the molecule is Cc1ccc(C2CC[C@](N)(CO)C2)cc1. The van der Waals surface area contributed by atoms with Crippen molar-refractivity contribution in [3.05, 3.63) is 35.4 Å². The van der Waals surface area contributed by atoms with Gasteiger partial charge in [-0.1, -0.05) is 29.8 Å². The monoisotopic (exact) mass is 205 g/mol. The predicted molar refractivity (Wildman–Crippen MR) is 61.8 cm³/mol. The lowest BCUT2D eigenvalue weighted by Gasteiger charge is -2.20. The van der Waals surface area contributed by atoms with Gasteiger partial charge in [0.15, 0.2) is 0 Å². The second-order valence-corrected chi connectivity index (χ2v) is 4.87. The van der Waals surface area contributed by atoms with Crippen LogP contribution in [0.3, 0.4) is 0 Å². The summed E-state index contributed by atoms with van der Waals surface area (Å²) in [5.74, 6) is 0.530. The van der Waals surface area contributed by atoms with Crippen LogP contribution in [0, 0.1) is 6.92 Å². The van der Waals surface area contributed by atoms with Gasteiger partial charge in [-0.3, -0.25) is 0 Å². The van der Waals surface area contributed by atoms with Gasteiger partial charge in [-0.05, 0) is 37.7 Å². The molecule has 1 unspecified atom stereocenters. The van der Waals surface area contributed by atoms with E-state index in [2.05, 4.69) is 31.2 Å². The Morgan fingerprint density at radius 1 is 1.40 bits per heavy atom. The third-order valence-electron chi connectivity index (χ3n) is 3.51. The molecule has 0 aliphatic heterocycles. The zero-order valence-electron chi connectivity index (χ0n) is 9.24. The molecule has 0 amide bonds. The van der Waals surface area contributed by atoms with E-state index in [-0.39, 0.29) is 12.1 Å². The van der Waals surface area contributed by atoms with Crippen LogP contribution in [-0.4, -0.2) is 17.3 Å². The maximum atomic E-state index is 9.21. The van der Waals surface area contributed by atoms with Gasteiger partial charge >= 0.3 is 0 Å². The Balaban J connectivity index is 2.11. The first-order chi connectivity index (χ1) is 7.13. The Kier molecular flexibility index (Phi) is 2.81. The molecule has 2 nitrogen and oxygen atoms in total. The van der Waals surface area contributed by atoms with Gasteiger partial charge in [-0.15, -0.1) is 0 Å². The number of aryl methyl sites for hydroxylation is 1. The number of rotatable bonds is 2. The number of hydrogen-bond donors (Lipinski definition) is 2. The minimum absolute atomic E-state index is 0.107. The molecule has 15 heavy (non-hydrogen) atoms. The molecule has 1 saturated carbocycles. The maximum absolute atomic E-state index is 9.21. The number of aliphatic hydroxyl groups is 1. The summed E-state index contributed by atoms with van der Waals surface area (Å²) in [5, 5.41) is 9.21. The van der Waals surface area contributed by atoms with Crippen molar-refractivity contribution in [2.24, 2.45) is 5.73 Å². The highest BCUT2D eigenvalue weighted by molar-refractivity contribution is 5.26. The molecule has 1 aliphatic carbocycles. The van der Waals surface area contributed by atoms with E-state index in [1.165, 1.54) is 11.1 Å². The first-order valence-electron chi connectivity index (χ1n) is 5.59. The van der Waals surface area contributed by atoms with Crippen molar-refractivity contribution in [1.82, 2.24) is 0 Å². The molecule has 2 atom stereocenters. The summed E-state index contributed by atoms with van der Waals surface area (Å²) in [6.07, 6.45) is 2.94. The molecule has 1 aliphatic rings. The Hall–Kier alpha value is -0.860. The van der Waals surface area contributed by atoms with Crippen molar-refractivity contribution in [2.45, 2.75) is 37.6 Å². The molecule has 0 saturated heterocycles. The third-order valence-corrected chi connectivity index (χ3v) is 3.51. The van der Waals surface area contributed by atoms with Crippen molar-refractivity contribution < 1.29 is 5.11 Å². The molecular formula is C13H19NO. The van der Waals surface area contributed by atoms with Gasteiger partial charge < -0.3 is 10.8 Å². The van der Waals surface area contributed by atoms with Crippen molar-refractivity contribution in [2.75, 3.05) is 6.61 Å². The molecule has 0 spiro atoms. The number of nitrogens with two attached hydrogens (primary N) is 1. The van der Waals surface area contributed by atoms with Crippen LogP contribution in [0.15, 0.2) is 24.3 Å². The summed E-state index contributed by atoms with van der Waals surface area (Å²) in [6, 6.07) is 8.65. The Morgan fingerprint density at radius 3 is 2.60 bits per heavy atom. The fourth-order valence-electron chi connectivity index (χ4n) is 2.42. The summed E-state index contributed by atoms with van der Waals surface area (Å²) in [5.41, 5.74) is 8.38. The molecule has 82 valence electrons. The molecule has 0 radical (unpaired) electrons. The van der Waals surface area contributed by atoms with Crippen LogP contribution in [0.4, 0.5) is 0 Å². The van der Waals surface area contributed by atoms with Crippen LogP contribution in [0.1, 0.15) is 36.3 Å². The van der Waals surface area contributed by atoms with Gasteiger partial charge in [0.05, 0.1) is 6.61 Å². The van der Waals surface area contributed by atoms with Crippen LogP contribution >= 0.6 is 0 Å². The molecule has 3 N–H and O–H groups in total. The zero-order chi connectivity index (χ0) is 10.9. The highest BCUT2D eigenvalue weighted by Gasteiger charge is 2.35. The molecule has 0 heterocycles. The van der Waals surface area contributed by atoms with Crippen molar-refractivity contribution in [3.8, 4) is 0 Å². The fourth-order valence-corrected chi connectivity index (χ4v) is 2.42. The first kappa shape index (κ1) is 10.7. The van der Waals surface area contributed by atoms with Crippen molar-refractivity contribution >= 4 is 0 Å². The quantitative estimate of drug-likeness (QED) is 0.775. The van der Waals surface area contributed by atoms with E-state index in [0.717, 1.165) is 19.3 Å². The maximum Gasteiger partial charge on any atom is 0.0611 e. The number of aliphatic hydroxyl groups excluding tert-OH is 1. The second-order valence-electron chi connectivity index (χ2n) is 4.87. The molecule has 0 aromatic heterocycles. The smallest absolute Gasteiger partial charge is 0.0611 e. The van der Waals surface area contributed by atoms with Crippen molar-refractivity contribution in [1.29, 1.82) is 0 Å². The Morgan fingerprint density at radius 2 is 2.07 bits per heavy atom. The van der Waals surface area contributed by atoms with Gasteiger partial charge in [0.1, 0.15) is 0 Å². The fraction of sp³-hybridized carbons (Fsp3) is 0.538. The minimum atomic E-state index is -0.338. The summed E-state index contributed by atoms with van der Waals surface area (Å²) in [4.78, 5) is 0. The third kappa shape index (κ3) is 2.21. The molecule has 2 heteroatoms. The average Bonchev–Trinajstić information content (AvgIpc) is 2.63. The normalized spacial score (nSPS) is 30.7. The van der Waals surface area contributed by atoms with E-state index >= 15 is 0 Å². The minimum Gasteiger partial charge on any atom is -0.394 e. The summed E-state index contributed by atoms with van der Waals surface area (Å²) < 4.78 is 0. The highest BCUT2D eigenvalue weighted by atomic mass is 16.3. The summed E-state index contributed by atoms with van der Waals surface area (Å²) in [7, 11) is 0. The van der Waals surface area contributed by atoms with Crippen molar-refractivity contribution in [3.63, 3.8) is 0 Å². The average molecular weight is 205 g/mol. The van der Waals surface area contributed by atoms with Gasteiger partial charge in [-0.25, -0.2) is 0 Å². The Labute approximate surface area is 91.1 Å². The van der Waals surface area contributed by atoms with E-state index < -0.39 is 0 Å². The van der Waals surface area contributed by atoms with Gasteiger partial charge in [0.2, 0.25) is 0 Å².